The molecule has 0 bridgehead atoms. The molecule has 0 rings (SSSR count). The van der Waals surface area contributed by atoms with Gasteiger partial charge >= 0.3 is 12.0 Å². The number of hydrogen-bond acceptors (Lipinski definition) is 3. The minimum absolute atomic E-state index is 0.110. The molecule has 3 unspecified atom stereocenters. The number of carboxylic acid groups (broad SMARTS) is 1. The highest BCUT2D eigenvalue weighted by molar-refractivity contribution is 5.82. The second-order valence-corrected chi connectivity index (χ2v) is 4.38. The number of carboxylic acids is 1. The van der Waals surface area contributed by atoms with Crippen LogP contribution in [0.1, 0.15) is 33.6 Å². The Labute approximate surface area is 108 Å². The van der Waals surface area contributed by atoms with Gasteiger partial charge in [0.1, 0.15) is 6.04 Å². The lowest BCUT2D eigenvalue weighted by Crippen LogP contribution is -2.52. The van der Waals surface area contributed by atoms with Crippen LogP contribution in [0, 0.1) is 5.92 Å². The molecule has 0 aliphatic carbocycles. The van der Waals surface area contributed by atoms with Gasteiger partial charge < -0.3 is 20.5 Å². The van der Waals surface area contributed by atoms with Gasteiger partial charge in [-0.3, -0.25) is 0 Å². The molecule has 2 amide bonds. The van der Waals surface area contributed by atoms with E-state index in [0.29, 0.717) is 13.0 Å². The van der Waals surface area contributed by atoms with E-state index in [1.807, 2.05) is 13.8 Å². The van der Waals surface area contributed by atoms with E-state index in [2.05, 4.69) is 10.6 Å². The van der Waals surface area contributed by atoms with Gasteiger partial charge in [0.2, 0.25) is 0 Å². The molecule has 3 atom stereocenters. The van der Waals surface area contributed by atoms with Crippen LogP contribution in [-0.4, -0.2) is 42.9 Å². The Hall–Kier alpha value is -1.30. The molecule has 0 aliphatic heterocycles. The Balaban J connectivity index is 4.37. The van der Waals surface area contributed by atoms with Crippen molar-refractivity contribution in [2.45, 2.75) is 45.7 Å². The first-order valence-corrected chi connectivity index (χ1v) is 6.24. The third-order valence-electron chi connectivity index (χ3n) is 2.96. The Morgan fingerprint density at radius 1 is 1.22 bits per heavy atom. The number of amides is 2. The topological polar surface area (TPSA) is 87.7 Å². The molecule has 18 heavy (non-hydrogen) atoms. The molecule has 0 fully saturated rings. The molecule has 6 nitrogen and oxygen atoms in total. The van der Waals surface area contributed by atoms with E-state index in [9.17, 15) is 9.59 Å². The maximum absolute atomic E-state index is 11.7. The first-order valence-electron chi connectivity index (χ1n) is 6.24. The van der Waals surface area contributed by atoms with Crippen molar-refractivity contribution in [2.75, 3.05) is 13.7 Å². The molecule has 6 heteroatoms. The van der Waals surface area contributed by atoms with Gasteiger partial charge in [0.15, 0.2) is 0 Å². The molecule has 0 radical (unpaired) electrons. The molecule has 0 saturated heterocycles. The number of hydrogen-bond donors (Lipinski definition) is 3. The Kier molecular flexibility index (Phi) is 8.11. The van der Waals surface area contributed by atoms with Crippen LogP contribution < -0.4 is 10.6 Å². The van der Waals surface area contributed by atoms with E-state index in [1.165, 1.54) is 0 Å². The lowest BCUT2D eigenvalue weighted by atomic mass is 9.99. The number of carbonyl (C=O) groups is 2. The van der Waals surface area contributed by atoms with Gasteiger partial charge in [0.25, 0.3) is 0 Å². The average Bonchev–Trinajstić information content (AvgIpc) is 2.34. The van der Waals surface area contributed by atoms with Gasteiger partial charge in [-0.25, -0.2) is 9.59 Å². The van der Waals surface area contributed by atoms with Crippen LogP contribution in [-0.2, 0) is 9.53 Å². The van der Waals surface area contributed by atoms with Gasteiger partial charge in [-0.05, 0) is 12.3 Å². The summed E-state index contributed by atoms with van der Waals surface area (Å²) in [6, 6.07) is -1.44. The highest BCUT2D eigenvalue weighted by Gasteiger charge is 2.25. The molecule has 0 aromatic carbocycles. The molecule has 0 heterocycles. The maximum atomic E-state index is 11.7. The number of urea groups is 1. The predicted octanol–water partition coefficient (Wildman–Crippen LogP) is 1.21. The van der Waals surface area contributed by atoms with Gasteiger partial charge in [-0.2, -0.15) is 0 Å². The van der Waals surface area contributed by atoms with E-state index in [-0.39, 0.29) is 12.0 Å². The molecule has 0 saturated carbocycles. The largest absolute Gasteiger partial charge is 0.480 e. The Morgan fingerprint density at radius 3 is 2.22 bits per heavy atom. The second kappa shape index (κ2) is 8.74. The van der Waals surface area contributed by atoms with Gasteiger partial charge in [-0.1, -0.05) is 27.2 Å². The van der Waals surface area contributed by atoms with Crippen molar-refractivity contribution in [1.29, 1.82) is 0 Å². The fourth-order valence-corrected chi connectivity index (χ4v) is 1.51. The molecular formula is C12H24N2O4. The van der Waals surface area contributed by atoms with Gasteiger partial charge in [0, 0.05) is 7.11 Å². The SMILES string of the molecule is CCC(COC)NC(=O)NC(C(=O)O)C(C)CC. The van der Waals surface area contributed by atoms with Crippen LogP contribution >= 0.6 is 0 Å². The Bertz CT molecular complexity index is 271. The number of methoxy groups -OCH3 is 1. The zero-order valence-electron chi connectivity index (χ0n) is 11.5. The van der Waals surface area contributed by atoms with Crippen molar-refractivity contribution in [3.8, 4) is 0 Å². The fourth-order valence-electron chi connectivity index (χ4n) is 1.51. The average molecular weight is 260 g/mol. The molecule has 3 N–H and O–H groups in total. The van der Waals surface area contributed by atoms with E-state index in [4.69, 9.17) is 9.84 Å². The van der Waals surface area contributed by atoms with Crippen molar-refractivity contribution in [3.05, 3.63) is 0 Å². The van der Waals surface area contributed by atoms with Crippen molar-refractivity contribution in [3.63, 3.8) is 0 Å². The second-order valence-electron chi connectivity index (χ2n) is 4.38. The summed E-state index contributed by atoms with van der Waals surface area (Å²) in [6.45, 7) is 6.02. The molecular weight excluding hydrogens is 236 g/mol. The van der Waals surface area contributed by atoms with Gasteiger partial charge in [-0.15, -0.1) is 0 Å². The highest BCUT2D eigenvalue weighted by atomic mass is 16.5. The summed E-state index contributed by atoms with van der Waals surface area (Å²) in [5, 5.41) is 14.2. The van der Waals surface area contributed by atoms with Crippen LogP contribution in [0.5, 0.6) is 0 Å². The first kappa shape index (κ1) is 16.7. The third-order valence-corrected chi connectivity index (χ3v) is 2.96. The van der Waals surface area contributed by atoms with Crippen molar-refractivity contribution >= 4 is 12.0 Å². The zero-order chi connectivity index (χ0) is 14.1. The van der Waals surface area contributed by atoms with Crippen LogP contribution in [0.15, 0.2) is 0 Å². The predicted molar refractivity (Wildman–Crippen MR) is 68.5 cm³/mol. The molecule has 106 valence electrons. The summed E-state index contributed by atoms with van der Waals surface area (Å²) < 4.78 is 4.96. The number of nitrogens with one attached hydrogen (secondary N) is 2. The smallest absolute Gasteiger partial charge is 0.326 e. The van der Waals surface area contributed by atoms with Crippen LogP contribution in [0.4, 0.5) is 4.79 Å². The van der Waals surface area contributed by atoms with Crippen LogP contribution in [0.3, 0.4) is 0 Å². The Morgan fingerprint density at radius 2 is 1.83 bits per heavy atom. The van der Waals surface area contributed by atoms with E-state index < -0.39 is 18.0 Å². The summed E-state index contributed by atoms with van der Waals surface area (Å²) in [6.07, 6.45) is 1.41. The molecule has 0 aliphatic rings. The van der Waals surface area contributed by atoms with Crippen molar-refractivity contribution in [1.82, 2.24) is 10.6 Å². The lowest BCUT2D eigenvalue weighted by molar-refractivity contribution is -0.140. The van der Waals surface area contributed by atoms with Gasteiger partial charge in [0.05, 0.1) is 12.6 Å². The molecule has 0 aromatic heterocycles. The number of ether oxygens (including phenoxy) is 1. The van der Waals surface area contributed by atoms with Crippen molar-refractivity contribution < 1.29 is 19.4 Å². The number of carbonyl (C=O) groups excluding carboxylic acids is 1. The monoisotopic (exact) mass is 260 g/mol. The standard InChI is InChI=1S/C12H24N2O4/c1-5-8(3)10(11(15)16)14-12(17)13-9(6-2)7-18-4/h8-10H,5-7H2,1-4H3,(H,15,16)(H2,13,14,17). The quantitative estimate of drug-likeness (QED) is 0.612. The zero-order valence-corrected chi connectivity index (χ0v) is 11.5. The fraction of sp³-hybridized carbons (Fsp3) is 0.833. The first-order chi connectivity index (χ1) is 8.46. The lowest BCUT2D eigenvalue weighted by Gasteiger charge is -2.22. The van der Waals surface area contributed by atoms with Crippen molar-refractivity contribution in [2.24, 2.45) is 5.92 Å². The van der Waals surface area contributed by atoms with Crippen LogP contribution in [0.25, 0.3) is 0 Å². The summed E-state index contributed by atoms with van der Waals surface area (Å²) in [4.78, 5) is 22.7. The minimum atomic E-state index is -1.01. The van der Waals surface area contributed by atoms with E-state index >= 15 is 0 Å². The number of rotatable bonds is 8. The van der Waals surface area contributed by atoms with Crippen LogP contribution in [0.2, 0.25) is 0 Å². The van der Waals surface area contributed by atoms with E-state index in [0.717, 1.165) is 6.42 Å². The minimum Gasteiger partial charge on any atom is -0.480 e. The molecule has 0 spiro atoms. The number of aliphatic carboxylic acids is 1. The summed E-state index contributed by atoms with van der Waals surface area (Å²) in [7, 11) is 1.56. The third kappa shape index (κ3) is 5.86. The normalized spacial score (nSPS) is 15.6. The summed E-state index contributed by atoms with van der Waals surface area (Å²) in [5.74, 6) is -1.13. The summed E-state index contributed by atoms with van der Waals surface area (Å²) in [5.41, 5.74) is 0. The van der Waals surface area contributed by atoms with E-state index in [1.54, 1.807) is 14.0 Å². The molecule has 0 aromatic rings. The highest BCUT2D eigenvalue weighted by Crippen LogP contribution is 2.07. The maximum Gasteiger partial charge on any atom is 0.326 e. The summed E-state index contributed by atoms with van der Waals surface area (Å²) >= 11 is 0.